The van der Waals surface area contributed by atoms with Gasteiger partial charge in [0.05, 0.1) is 29.1 Å². The number of carboxylic acids is 1. The molecule has 30 heavy (non-hydrogen) atoms. The maximum Gasteiger partial charge on any atom is 0.335 e. The lowest BCUT2D eigenvalue weighted by atomic mass is 10.1. The number of anilines is 1. The average molecular weight is 418 g/mol. The van der Waals surface area contributed by atoms with E-state index in [2.05, 4.69) is 20.5 Å². The summed E-state index contributed by atoms with van der Waals surface area (Å²) < 4.78 is 6.25. The van der Waals surface area contributed by atoms with Crippen LogP contribution in [0.5, 0.6) is 5.75 Å². The van der Waals surface area contributed by atoms with Crippen molar-refractivity contribution < 1.29 is 14.6 Å². The van der Waals surface area contributed by atoms with E-state index in [4.69, 9.17) is 9.84 Å². The molecule has 0 saturated heterocycles. The summed E-state index contributed by atoms with van der Waals surface area (Å²) in [7, 11) is 1.65. The summed E-state index contributed by atoms with van der Waals surface area (Å²) in [6, 6.07) is 14.4. The maximum atomic E-state index is 10.9. The van der Waals surface area contributed by atoms with Crippen LogP contribution in [0.15, 0.2) is 60.0 Å². The van der Waals surface area contributed by atoms with E-state index in [1.165, 1.54) is 18.5 Å². The third kappa shape index (κ3) is 3.85. The van der Waals surface area contributed by atoms with Crippen LogP contribution in [-0.4, -0.2) is 34.4 Å². The number of rotatable bonds is 6. The van der Waals surface area contributed by atoms with Gasteiger partial charge in [-0.05, 0) is 47.9 Å². The number of carboxylic acid groups (broad SMARTS) is 1. The third-order valence-corrected chi connectivity index (χ3v) is 5.91. The molecular formula is C22H18N4O3S. The summed E-state index contributed by atoms with van der Waals surface area (Å²) in [5.74, 6) is 0.452. The van der Waals surface area contributed by atoms with Crippen molar-refractivity contribution in [1.29, 1.82) is 0 Å². The van der Waals surface area contributed by atoms with Gasteiger partial charge in [0.1, 0.15) is 12.1 Å². The summed E-state index contributed by atoms with van der Waals surface area (Å²) in [6.07, 6.45) is 3.12. The monoisotopic (exact) mass is 418 g/mol. The van der Waals surface area contributed by atoms with Crippen LogP contribution < -0.4 is 10.2 Å². The molecule has 2 aromatic carbocycles. The lowest BCUT2D eigenvalue weighted by Crippen LogP contribution is -1.97. The molecule has 0 bridgehead atoms. The number of aromatic carboxylic acids is 1. The van der Waals surface area contributed by atoms with Crippen LogP contribution in [0, 0.1) is 6.92 Å². The smallest absolute Gasteiger partial charge is 0.335 e. The minimum atomic E-state index is -0.958. The number of aromatic nitrogens is 2. The number of hydrogen-bond donors (Lipinski definition) is 2. The Morgan fingerprint density at radius 1 is 1.20 bits per heavy atom. The predicted molar refractivity (Wildman–Crippen MR) is 119 cm³/mol. The molecule has 0 unspecified atom stereocenters. The van der Waals surface area contributed by atoms with E-state index in [0.29, 0.717) is 5.82 Å². The lowest BCUT2D eigenvalue weighted by molar-refractivity contribution is 0.0697. The second-order valence-electron chi connectivity index (χ2n) is 6.49. The van der Waals surface area contributed by atoms with E-state index in [9.17, 15) is 4.79 Å². The van der Waals surface area contributed by atoms with Crippen LogP contribution in [0.2, 0.25) is 0 Å². The predicted octanol–water partition coefficient (Wildman–Crippen LogP) is 4.82. The Bertz CT molecular complexity index is 1250. The fourth-order valence-corrected chi connectivity index (χ4v) is 4.22. The highest BCUT2D eigenvalue weighted by Gasteiger charge is 2.15. The van der Waals surface area contributed by atoms with E-state index in [0.717, 1.165) is 37.5 Å². The largest absolute Gasteiger partial charge is 0.497 e. The molecule has 150 valence electrons. The van der Waals surface area contributed by atoms with Crippen molar-refractivity contribution in [3.63, 3.8) is 0 Å². The second-order valence-corrected chi connectivity index (χ2v) is 7.51. The number of hydrazone groups is 1. The first kappa shape index (κ1) is 19.5. The molecule has 8 heteroatoms. The van der Waals surface area contributed by atoms with Crippen molar-refractivity contribution in [1.82, 2.24) is 9.97 Å². The highest BCUT2D eigenvalue weighted by atomic mass is 32.1. The second kappa shape index (κ2) is 8.30. The molecular weight excluding hydrogens is 400 g/mol. The molecule has 7 nitrogen and oxygen atoms in total. The highest BCUT2D eigenvalue weighted by molar-refractivity contribution is 7.23. The van der Waals surface area contributed by atoms with Gasteiger partial charge < -0.3 is 9.84 Å². The Morgan fingerprint density at radius 2 is 2.00 bits per heavy atom. The zero-order chi connectivity index (χ0) is 21.1. The zero-order valence-corrected chi connectivity index (χ0v) is 17.1. The molecule has 4 rings (SSSR count). The first-order valence-electron chi connectivity index (χ1n) is 9.08. The van der Waals surface area contributed by atoms with Gasteiger partial charge in [-0.2, -0.15) is 5.10 Å². The van der Waals surface area contributed by atoms with Crippen molar-refractivity contribution in [3.05, 3.63) is 71.5 Å². The van der Waals surface area contributed by atoms with Crippen molar-refractivity contribution in [2.45, 2.75) is 6.92 Å². The van der Waals surface area contributed by atoms with Crippen molar-refractivity contribution >= 4 is 39.6 Å². The van der Waals surface area contributed by atoms with Crippen LogP contribution in [0.1, 0.15) is 21.5 Å². The number of hydrogen-bond acceptors (Lipinski definition) is 7. The first-order valence-corrected chi connectivity index (χ1v) is 9.89. The minimum Gasteiger partial charge on any atom is -0.497 e. The molecule has 0 atom stereocenters. The van der Waals surface area contributed by atoms with Crippen molar-refractivity contribution in [3.8, 4) is 16.2 Å². The quantitative estimate of drug-likeness (QED) is 0.344. The number of methoxy groups -OCH3 is 1. The van der Waals surface area contributed by atoms with Gasteiger partial charge >= 0.3 is 5.97 Å². The van der Waals surface area contributed by atoms with E-state index >= 15 is 0 Å². The van der Waals surface area contributed by atoms with Gasteiger partial charge in [0.15, 0.2) is 5.82 Å². The number of thiophene rings is 1. The Hall–Kier alpha value is -3.78. The van der Waals surface area contributed by atoms with Gasteiger partial charge in [-0.15, -0.1) is 11.3 Å². The number of nitrogens with one attached hydrogen (secondary N) is 1. The fourth-order valence-electron chi connectivity index (χ4n) is 3.02. The van der Waals surface area contributed by atoms with E-state index in [1.54, 1.807) is 36.8 Å². The number of ether oxygens (including phenoxy) is 1. The number of carbonyl (C=O) groups is 1. The molecule has 0 spiro atoms. The normalized spacial score (nSPS) is 11.1. The lowest BCUT2D eigenvalue weighted by Gasteiger charge is -2.03. The van der Waals surface area contributed by atoms with Gasteiger partial charge in [-0.1, -0.05) is 24.3 Å². The van der Waals surface area contributed by atoms with E-state index in [-0.39, 0.29) is 5.56 Å². The molecule has 0 radical (unpaired) electrons. The maximum absolute atomic E-state index is 10.9. The van der Waals surface area contributed by atoms with Crippen LogP contribution in [0.4, 0.5) is 5.82 Å². The summed E-state index contributed by atoms with van der Waals surface area (Å²) in [5, 5.41) is 13.2. The molecule has 4 aromatic rings. The van der Waals surface area contributed by atoms with Crippen LogP contribution in [0.3, 0.4) is 0 Å². The summed E-state index contributed by atoms with van der Waals surface area (Å²) in [5.41, 5.74) is 6.99. The molecule has 0 fully saturated rings. The van der Waals surface area contributed by atoms with Gasteiger partial charge in [0, 0.05) is 4.88 Å². The number of fused-ring (bicyclic) bond motifs is 1. The first-order chi connectivity index (χ1) is 14.6. The summed E-state index contributed by atoms with van der Waals surface area (Å²) >= 11 is 1.59. The molecule has 0 aliphatic rings. The van der Waals surface area contributed by atoms with Gasteiger partial charge in [-0.25, -0.2) is 14.8 Å². The Morgan fingerprint density at radius 3 is 2.73 bits per heavy atom. The van der Waals surface area contributed by atoms with E-state index < -0.39 is 5.97 Å². The number of aryl methyl sites for hydroxylation is 1. The van der Waals surface area contributed by atoms with Gasteiger partial charge in [-0.3, -0.25) is 5.43 Å². The molecule has 0 amide bonds. The fraction of sp³-hybridized carbons (Fsp3) is 0.0909. The summed E-state index contributed by atoms with van der Waals surface area (Å²) in [4.78, 5) is 20.8. The Labute approximate surface area is 176 Å². The van der Waals surface area contributed by atoms with Crippen LogP contribution >= 0.6 is 11.3 Å². The Balaban J connectivity index is 1.62. The van der Waals surface area contributed by atoms with Crippen molar-refractivity contribution in [2.24, 2.45) is 5.10 Å². The van der Waals surface area contributed by atoms with E-state index in [1.807, 2.05) is 31.2 Å². The van der Waals surface area contributed by atoms with Gasteiger partial charge in [0.25, 0.3) is 0 Å². The molecule has 0 aliphatic carbocycles. The zero-order valence-electron chi connectivity index (χ0n) is 16.3. The molecule has 2 heterocycles. The third-order valence-electron chi connectivity index (χ3n) is 4.58. The molecule has 2 N–H and O–H groups in total. The topological polar surface area (TPSA) is 96.7 Å². The standard InChI is InChI=1S/C22H18N4O3S/c1-13-18-20(30-19(13)16-4-3-5-17(10-16)29-2)21(24-12-23-18)26-25-11-14-6-8-15(9-7-14)22(27)28/h3-12H,1-2H3,(H,27,28)(H,23,24,26)/b25-11+. The average Bonchev–Trinajstić information content (AvgIpc) is 3.11. The SMILES string of the molecule is COc1cccc(-c2sc3c(N/N=C/c4ccc(C(=O)O)cc4)ncnc3c2C)c1. The molecule has 2 aromatic heterocycles. The number of benzene rings is 2. The number of nitrogens with zero attached hydrogens (tertiary/aromatic N) is 3. The highest BCUT2D eigenvalue weighted by Crippen LogP contribution is 2.40. The van der Waals surface area contributed by atoms with Crippen LogP contribution in [-0.2, 0) is 0 Å². The van der Waals surface area contributed by atoms with Gasteiger partial charge in [0.2, 0.25) is 0 Å². The van der Waals surface area contributed by atoms with Crippen LogP contribution in [0.25, 0.3) is 20.7 Å². The minimum absolute atomic E-state index is 0.233. The Kier molecular flexibility index (Phi) is 5.40. The summed E-state index contributed by atoms with van der Waals surface area (Å²) in [6.45, 7) is 2.04. The van der Waals surface area contributed by atoms with Crippen molar-refractivity contribution in [2.75, 3.05) is 12.5 Å². The molecule has 0 saturated carbocycles. The molecule has 0 aliphatic heterocycles.